The van der Waals surface area contributed by atoms with Gasteiger partial charge in [0.25, 0.3) is 5.69 Å². The van der Waals surface area contributed by atoms with Gasteiger partial charge in [0.2, 0.25) is 0 Å². The first-order chi connectivity index (χ1) is 9.97. The summed E-state index contributed by atoms with van der Waals surface area (Å²) < 4.78 is 0. The Balaban J connectivity index is 2.02. The van der Waals surface area contributed by atoms with Crippen molar-refractivity contribution in [2.24, 2.45) is 5.92 Å². The molecule has 0 radical (unpaired) electrons. The summed E-state index contributed by atoms with van der Waals surface area (Å²) in [6, 6.07) is 4.34. The summed E-state index contributed by atoms with van der Waals surface area (Å²) in [7, 11) is 0. The molecule has 0 aromatic heterocycles. The summed E-state index contributed by atoms with van der Waals surface area (Å²) in [6.07, 6.45) is 4.46. The maximum atomic E-state index is 12.1. The monoisotopic (exact) mass is 291 g/mol. The van der Waals surface area contributed by atoms with Gasteiger partial charge in [-0.2, -0.15) is 0 Å². The first kappa shape index (κ1) is 15.3. The maximum Gasteiger partial charge on any atom is 0.319 e. The highest BCUT2D eigenvalue weighted by molar-refractivity contribution is 5.90. The number of nitro groups is 1. The van der Waals surface area contributed by atoms with Crippen molar-refractivity contribution in [3.8, 4) is 0 Å². The third-order valence-corrected chi connectivity index (χ3v) is 4.11. The smallest absolute Gasteiger partial charge is 0.319 e. The normalized spacial score (nSPS) is 21.6. The molecule has 1 aliphatic carbocycles. The lowest BCUT2D eigenvalue weighted by Gasteiger charge is -2.29. The minimum absolute atomic E-state index is 0.0260. The lowest BCUT2D eigenvalue weighted by molar-refractivity contribution is -0.384. The number of anilines is 1. The van der Waals surface area contributed by atoms with Crippen molar-refractivity contribution in [1.29, 1.82) is 0 Å². The summed E-state index contributed by atoms with van der Waals surface area (Å²) in [4.78, 5) is 22.4. The molecule has 2 rings (SSSR count). The van der Waals surface area contributed by atoms with Crippen LogP contribution in [0.4, 0.5) is 16.2 Å². The Bertz CT molecular complexity index is 545. The zero-order valence-electron chi connectivity index (χ0n) is 12.4. The van der Waals surface area contributed by atoms with E-state index in [-0.39, 0.29) is 17.8 Å². The van der Waals surface area contributed by atoms with Crippen LogP contribution in [0.2, 0.25) is 0 Å². The van der Waals surface area contributed by atoms with Crippen LogP contribution < -0.4 is 10.6 Å². The van der Waals surface area contributed by atoms with Crippen LogP contribution in [0.5, 0.6) is 0 Å². The molecule has 1 saturated carbocycles. The van der Waals surface area contributed by atoms with Gasteiger partial charge in [0.05, 0.1) is 10.6 Å². The predicted molar refractivity (Wildman–Crippen MR) is 81.4 cm³/mol. The fourth-order valence-corrected chi connectivity index (χ4v) is 2.72. The largest absolute Gasteiger partial charge is 0.335 e. The average molecular weight is 291 g/mol. The quantitative estimate of drug-likeness (QED) is 0.659. The van der Waals surface area contributed by atoms with Crippen LogP contribution >= 0.6 is 0 Å². The third kappa shape index (κ3) is 3.93. The topological polar surface area (TPSA) is 84.3 Å². The van der Waals surface area contributed by atoms with Gasteiger partial charge in [-0.05, 0) is 31.2 Å². The molecule has 1 fully saturated rings. The number of benzene rings is 1. The number of aryl methyl sites for hydroxylation is 1. The summed E-state index contributed by atoms with van der Waals surface area (Å²) in [6.45, 7) is 3.95. The minimum Gasteiger partial charge on any atom is -0.335 e. The lowest BCUT2D eigenvalue weighted by Crippen LogP contribution is -2.43. The third-order valence-electron chi connectivity index (χ3n) is 4.11. The Hall–Kier alpha value is -2.11. The number of amides is 2. The molecular weight excluding hydrogens is 270 g/mol. The SMILES string of the molecule is Cc1ccc([N+](=O)[O-])cc1NC(=O)N[C@@H]1CCCC[C@H]1C. The molecule has 1 aromatic carbocycles. The first-order valence-electron chi connectivity index (χ1n) is 7.30. The van der Waals surface area contributed by atoms with Gasteiger partial charge in [0, 0.05) is 18.2 Å². The van der Waals surface area contributed by atoms with E-state index in [0.29, 0.717) is 11.6 Å². The van der Waals surface area contributed by atoms with Gasteiger partial charge in [-0.3, -0.25) is 10.1 Å². The van der Waals surface area contributed by atoms with Crippen LogP contribution in [-0.4, -0.2) is 17.0 Å². The molecule has 1 aromatic rings. The molecular formula is C15H21N3O3. The maximum absolute atomic E-state index is 12.1. The molecule has 0 spiro atoms. The van der Waals surface area contributed by atoms with E-state index in [2.05, 4.69) is 17.6 Å². The van der Waals surface area contributed by atoms with Crippen LogP contribution in [0, 0.1) is 23.0 Å². The predicted octanol–water partition coefficient (Wildman–Crippen LogP) is 3.60. The van der Waals surface area contributed by atoms with Crippen molar-refractivity contribution in [3.63, 3.8) is 0 Å². The van der Waals surface area contributed by atoms with E-state index in [1.807, 2.05) is 6.92 Å². The molecule has 0 unspecified atom stereocenters. The highest BCUT2D eigenvalue weighted by Crippen LogP contribution is 2.25. The number of carbonyl (C=O) groups excluding carboxylic acids is 1. The molecule has 6 nitrogen and oxygen atoms in total. The van der Waals surface area contributed by atoms with Crippen molar-refractivity contribution in [3.05, 3.63) is 33.9 Å². The average Bonchev–Trinajstić information content (AvgIpc) is 2.43. The van der Waals surface area contributed by atoms with E-state index >= 15 is 0 Å². The Morgan fingerprint density at radius 2 is 2.05 bits per heavy atom. The number of hydrogen-bond acceptors (Lipinski definition) is 3. The van der Waals surface area contributed by atoms with E-state index in [1.165, 1.54) is 18.6 Å². The summed E-state index contributed by atoms with van der Waals surface area (Å²) >= 11 is 0. The molecule has 6 heteroatoms. The van der Waals surface area contributed by atoms with Gasteiger partial charge in [0.15, 0.2) is 0 Å². The standard InChI is InChI=1S/C15H21N3O3/c1-10-5-3-4-6-13(10)16-15(19)17-14-9-12(18(20)21)8-7-11(14)2/h7-10,13H,3-6H2,1-2H3,(H2,16,17,19)/t10-,13-/m1/s1. The van der Waals surface area contributed by atoms with E-state index < -0.39 is 4.92 Å². The molecule has 114 valence electrons. The molecule has 0 heterocycles. The fraction of sp³-hybridized carbons (Fsp3) is 0.533. The zero-order valence-corrected chi connectivity index (χ0v) is 12.4. The van der Waals surface area contributed by atoms with Crippen molar-refractivity contribution in [1.82, 2.24) is 5.32 Å². The first-order valence-corrected chi connectivity index (χ1v) is 7.30. The number of nitro benzene ring substituents is 1. The van der Waals surface area contributed by atoms with E-state index in [9.17, 15) is 14.9 Å². The Morgan fingerprint density at radius 3 is 2.71 bits per heavy atom. The second-order valence-corrected chi connectivity index (χ2v) is 5.72. The lowest BCUT2D eigenvalue weighted by atomic mass is 9.86. The van der Waals surface area contributed by atoms with E-state index in [0.717, 1.165) is 24.8 Å². The van der Waals surface area contributed by atoms with Gasteiger partial charge in [-0.25, -0.2) is 4.79 Å². The van der Waals surface area contributed by atoms with E-state index in [4.69, 9.17) is 0 Å². The molecule has 2 amide bonds. The van der Waals surface area contributed by atoms with Crippen LogP contribution in [0.1, 0.15) is 38.2 Å². The second-order valence-electron chi connectivity index (χ2n) is 5.72. The zero-order chi connectivity index (χ0) is 15.4. The van der Waals surface area contributed by atoms with Gasteiger partial charge in [0.1, 0.15) is 0 Å². The molecule has 2 N–H and O–H groups in total. The Kier molecular flexibility index (Phi) is 4.77. The van der Waals surface area contributed by atoms with Gasteiger partial charge in [-0.1, -0.05) is 25.8 Å². The van der Waals surface area contributed by atoms with E-state index in [1.54, 1.807) is 6.07 Å². The number of carbonyl (C=O) groups is 1. The summed E-state index contributed by atoms with van der Waals surface area (Å²) in [5.41, 5.74) is 1.25. The van der Waals surface area contributed by atoms with Crippen LogP contribution in [0.15, 0.2) is 18.2 Å². The molecule has 1 aliphatic rings. The number of hydrogen-bond donors (Lipinski definition) is 2. The molecule has 0 saturated heterocycles. The summed E-state index contributed by atoms with van der Waals surface area (Å²) in [5, 5.41) is 16.5. The molecule has 0 aliphatic heterocycles. The number of urea groups is 1. The van der Waals surface area contributed by atoms with Crippen molar-refractivity contribution in [2.75, 3.05) is 5.32 Å². The van der Waals surface area contributed by atoms with Crippen molar-refractivity contribution in [2.45, 2.75) is 45.6 Å². The highest BCUT2D eigenvalue weighted by atomic mass is 16.6. The van der Waals surface area contributed by atoms with Crippen LogP contribution in [-0.2, 0) is 0 Å². The molecule has 21 heavy (non-hydrogen) atoms. The van der Waals surface area contributed by atoms with Gasteiger partial charge in [-0.15, -0.1) is 0 Å². The van der Waals surface area contributed by atoms with Crippen LogP contribution in [0.3, 0.4) is 0 Å². The van der Waals surface area contributed by atoms with Gasteiger partial charge >= 0.3 is 6.03 Å². The van der Waals surface area contributed by atoms with Crippen LogP contribution in [0.25, 0.3) is 0 Å². The number of rotatable bonds is 3. The van der Waals surface area contributed by atoms with Gasteiger partial charge < -0.3 is 10.6 Å². The molecule has 0 bridgehead atoms. The number of nitrogens with zero attached hydrogens (tertiary/aromatic N) is 1. The Morgan fingerprint density at radius 1 is 1.33 bits per heavy atom. The number of non-ortho nitro benzene ring substituents is 1. The Labute approximate surface area is 124 Å². The second kappa shape index (κ2) is 6.56. The van der Waals surface area contributed by atoms with Crippen molar-refractivity contribution >= 4 is 17.4 Å². The fourth-order valence-electron chi connectivity index (χ4n) is 2.72. The summed E-state index contributed by atoms with van der Waals surface area (Å²) in [5.74, 6) is 0.468. The highest BCUT2D eigenvalue weighted by Gasteiger charge is 2.23. The molecule has 2 atom stereocenters. The minimum atomic E-state index is -0.467. The number of nitrogens with one attached hydrogen (secondary N) is 2. The van der Waals surface area contributed by atoms with Crippen molar-refractivity contribution < 1.29 is 9.72 Å².